The van der Waals surface area contributed by atoms with Gasteiger partial charge in [0, 0.05) is 29.5 Å². The van der Waals surface area contributed by atoms with Crippen molar-refractivity contribution in [2.24, 2.45) is 0 Å². The molecule has 0 fully saturated rings. The lowest BCUT2D eigenvalue weighted by Crippen LogP contribution is -2.35. The molecule has 0 bridgehead atoms. The number of benzene rings is 1. The Labute approximate surface area is 118 Å². The molecule has 0 atom stereocenters. The zero-order valence-corrected chi connectivity index (χ0v) is 13.0. The molecule has 96 valence electrons. The second kappa shape index (κ2) is 8.12. The molecule has 1 aromatic carbocycles. The normalized spacial score (nSPS) is 11.4. The van der Waals surface area contributed by atoms with Crippen LogP contribution in [0.1, 0.15) is 32.3 Å². The summed E-state index contributed by atoms with van der Waals surface area (Å²) in [7, 11) is 0. The van der Waals surface area contributed by atoms with Gasteiger partial charge in [0.05, 0.1) is 0 Å². The first-order chi connectivity index (χ1) is 8.21. The second-order valence-electron chi connectivity index (χ2n) is 4.26. The van der Waals surface area contributed by atoms with Crippen LogP contribution in [0.25, 0.3) is 0 Å². The molecule has 0 saturated heterocycles. The molecule has 1 rings (SSSR count). The molecule has 1 aromatic rings. The minimum atomic E-state index is 0.670. The lowest BCUT2D eigenvalue weighted by atomic mass is 10.1. The van der Waals surface area contributed by atoms with E-state index >= 15 is 0 Å². The van der Waals surface area contributed by atoms with Gasteiger partial charge in [-0.15, -0.1) is 0 Å². The van der Waals surface area contributed by atoms with Crippen LogP contribution in [0, 0.1) is 0 Å². The first-order valence-corrected chi connectivity index (χ1v) is 7.75. The van der Waals surface area contributed by atoms with Crippen LogP contribution in [-0.2, 0) is 6.54 Å². The van der Waals surface area contributed by atoms with Gasteiger partial charge < -0.3 is 0 Å². The van der Waals surface area contributed by atoms with Crippen molar-refractivity contribution in [2.45, 2.75) is 39.3 Å². The lowest BCUT2D eigenvalue weighted by molar-refractivity contribution is 0.189. The van der Waals surface area contributed by atoms with E-state index < -0.39 is 0 Å². The topological polar surface area (TPSA) is 3.24 Å². The Morgan fingerprint density at radius 2 is 1.76 bits per heavy atom. The van der Waals surface area contributed by atoms with Gasteiger partial charge in [-0.2, -0.15) is 0 Å². The number of hydrogen-bond donors (Lipinski definition) is 0. The Kier molecular flexibility index (Phi) is 7.17. The Morgan fingerprint density at radius 1 is 1.18 bits per heavy atom. The maximum atomic E-state index is 5.91. The molecule has 0 aromatic heterocycles. The third-order valence-electron chi connectivity index (χ3n) is 3.13. The molecule has 1 nitrogen and oxygen atoms in total. The summed E-state index contributed by atoms with van der Waals surface area (Å²) in [6.45, 7) is 6.62. The zero-order chi connectivity index (χ0) is 12.7. The van der Waals surface area contributed by atoms with Gasteiger partial charge in [-0.3, -0.25) is 4.90 Å². The molecule has 0 aliphatic carbocycles. The molecule has 0 spiro atoms. The fraction of sp³-hybridized carbons (Fsp3) is 0.571. The van der Waals surface area contributed by atoms with E-state index in [0.29, 0.717) is 6.04 Å². The lowest BCUT2D eigenvalue weighted by Gasteiger charge is -2.29. The summed E-state index contributed by atoms with van der Waals surface area (Å²) < 4.78 is 0. The molecule has 0 aliphatic rings. The zero-order valence-electron chi connectivity index (χ0n) is 10.6. The fourth-order valence-electron chi connectivity index (χ4n) is 2.13. The van der Waals surface area contributed by atoms with Crippen LogP contribution in [-0.4, -0.2) is 22.8 Å². The van der Waals surface area contributed by atoms with Crippen LogP contribution in [0.4, 0.5) is 0 Å². The first-order valence-electron chi connectivity index (χ1n) is 6.25. The average Bonchev–Trinajstić information content (AvgIpc) is 2.34. The van der Waals surface area contributed by atoms with E-state index in [0.717, 1.165) is 23.4 Å². The molecule has 17 heavy (non-hydrogen) atoms. The first kappa shape index (κ1) is 15.0. The molecular weight excluding hydrogens is 298 g/mol. The van der Waals surface area contributed by atoms with Gasteiger partial charge in [-0.25, -0.2) is 0 Å². The van der Waals surface area contributed by atoms with E-state index in [1.807, 2.05) is 12.1 Å². The van der Waals surface area contributed by atoms with Crippen LogP contribution >= 0.6 is 27.5 Å². The molecular formula is C14H21BrClN. The average molecular weight is 319 g/mol. The Morgan fingerprint density at radius 3 is 2.24 bits per heavy atom. The Balaban J connectivity index is 2.68. The highest BCUT2D eigenvalue weighted by atomic mass is 79.9. The monoisotopic (exact) mass is 317 g/mol. The molecule has 3 heteroatoms. The fourth-order valence-corrected chi connectivity index (χ4v) is 2.71. The molecule has 0 saturated carbocycles. The molecule has 0 amide bonds. The Hall–Kier alpha value is -0.0500. The summed E-state index contributed by atoms with van der Waals surface area (Å²) in [6.07, 6.45) is 2.41. The van der Waals surface area contributed by atoms with E-state index in [9.17, 15) is 0 Å². The van der Waals surface area contributed by atoms with Crippen molar-refractivity contribution < 1.29 is 0 Å². The van der Waals surface area contributed by atoms with Gasteiger partial charge in [0.25, 0.3) is 0 Å². The quantitative estimate of drug-likeness (QED) is 0.657. The van der Waals surface area contributed by atoms with E-state index in [1.165, 1.54) is 18.4 Å². The summed E-state index contributed by atoms with van der Waals surface area (Å²) in [5, 5.41) is 1.83. The third kappa shape index (κ3) is 4.99. The van der Waals surface area contributed by atoms with Gasteiger partial charge in [0.1, 0.15) is 0 Å². The van der Waals surface area contributed by atoms with E-state index in [4.69, 9.17) is 11.6 Å². The minimum absolute atomic E-state index is 0.670. The van der Waals surface area contributed by atoms with Gasteiger partial charge >= 0.3 is 0 Å². The summed E-state index contributed by atoms with van der Waals surface area (Å²) in [6, 6.07) is 8.84. The number of halogens is 2. The van der Waals surface area contributed by atoms with Crippen LogP contribution < -0.4 is 0 Å². The standard InChI is InChI=1S/C14H21BrClN/c1-3-14(4-2)17(10-9-15)11-12-5-7-13(16)8-6-12/h5-8,14H,3-4,9-11H2,1-2H3. The molecule has 0 heterocycles. The summed E-state index contributed by atoms with van der Waals surface area (Å²) >= 11 is 9.44. The third-order valence-corrected chi connectivity index (χ3v) is 3.74. The van der Waals surface area contributed by atoms with Crippen molar-refractivity contribution in [2.75, 3.05) is 11.9 Å². The predicted octanol–water partition coefficient (Wildman–Crippen LogP) is 4.73. The van der Waals surface area contributed by atoms with Gasteiger partial charge in [-0.05, 0) is 30.5 Å². The van der Waals surface area contributed by atoms with Crippen LogP contribution in [0.3, 0.4) is 0 Å². The van der Waals surface area contributed by atoms with Gasteiger partial charge in [0.2, 0.25) is 0 Å². The van der Waals surface area contributed by atoms with Crippen molar-refractivity contribution in [3.63, 3.8) is 0 Å². The maximum Gasteiger partial charge on any atom is 0.0406 e. The number of nitrogens with zero attached hydrogens (tertiary/aromatic N) is 1. The highest BCUT2D eigenvalue weighted by Gasteiger charge is 2.14. The molecule has 0 unspecified atom stereocenters. The van der Waals surface area contributed by atoms with Crippen LogP contribution in [0.2, 0.25) is 5.02 Å². The smallest absolute Gasteiger partial charge is 0.0406 e. The van der Waals surface area contributed by atoms with Crippen molar-refractivity contribution in [1.29, 1.82) is 0 Å². The molecule has 0 aliphatic heterocycles. The molecule has 0 radical (unpaired) electrons. The molecule has 0 N–H and O–H groups in total. The van der Waals surface area contributed by atoms with Crippen molar-refractivity contribution in [3.05, 3.63) is 34.9 Å². The van der Waals surface area contributed by atoms with E-state index in [1.54, 1.807) is 0 Å². The minimum Gasteiger partial charge on any atom is -0.295 e. The van der Waals surface area contributed by atoms with Crippen LogP contribution in [0.15, 0.2) is 24.3 Å². The SMILES string of the molecule is CCC(CC)N(CCBr)Cc1ccc(Cl)cc1. The van der Waals surface area contributed by atoms with Crippen LogP contribution in [0.5, 0.6) is 0 Å². The van der Waals surface area contributed by atoms with E-state index in [2.05, 4.69) is 46.8 Å². The largest absolute Gasteiger partial charge is 0.295 e. The van der Waals surface area contributed by atoms with Crippen molar-refractivity contribution in [3.8, 4) is 0 Å². The van der Waals surface area contributed by atoms with Gasteiger partial charge in [0.15, 0.2) is 0 Å². The number of hydrogen-bond acceptors (Lipinski definition) is 1. The second-order valence-corrected chi connectivity index (χ2v) is 5.49. The van der Waals surface area contributed by atoms with Gasteiger partial charge in [-0.1, -0.05) is 53.5 Å². The summed E-state index contributed by atoms with van der Waals surface area (Å²) in [5.41, 5.74) is 1.34. The summed E-state index contributed by atoms with van der Waals surface area (Å²) in [5.74, 6) is 0. The van der Waals surface area contributed by atoms with Crippen molar-refractivity contribution in [1.82, 2.24) is 4.90 Å². The highest BCUT2D eigenvalue weighted by molar-refractivity contribution is 9.09. The summed E-state index contributed by atoms with van der Waals surface area (Å²) in [4.78, 5) is 2.54. The number of alkyl halides is 1. The van der Waals surface area contributed by atoms with Crippen molar-refractivity contribution >= 4 is 27.5 Å². The number of rotatable bonds is 7. The predicted molar refractivity (Wildman–Crippen MR) is 80.0 cm³/mol. The van der Waals surface area contributed by atoms with E-state index in [-0.39, 0.29) is 0 Å². The highest BCUT2D eigenvalue weighted by Crippen LogP contribution is 2.16. The maximum absolute atomic E-state index is 5.91. The Bertz CT molecular complexity index is 309.